The molecule has 3 amide bonds. The first-order valence-corrected chi connectivity index (χ1v) is 15.2. The van der Waals surface area contributed by atoms with Gasteiger partial charge in [0.25, 0.3) is 5.91 Å². The Morgan fingerprint density at radius 2 is 1.74 bits per heavy atom. The normalized spacial score (nSPS) is 18.3. The van der Waals surface area contributed by atoms with Crippen LogP contribution in [0.4, 0.5) is 22.2 Å². The Hall–Kier alpha value is -3.46. The summed E-state index contributed by atoms with van der Waals surface area (Å²) in [6.45, 7) is 3.79. The highest BCUT2D eigenvalue weighted by Gasteiger charge is 2.37. The van der Waals surface area contributed by atoms with E-state index in [1.807, 2.05) is 0 Å². The number of terminal acetylenes is 1. The Balaban J connectivity index is 1.44. The van der Waals surface area contributed by atoms with Gasteiger partial charge in [-0.2, -0.15) is 4.98 Å². The van der Waals surface area contributed by atoms with Gasteiger partial charge in [0, 0.05) is 43.5 Å². The van der Waals surface area contributed by atoms with Crippen molar-refractivity contribution in [1.82, 2.24) is 19.8 Å². The van der Waals surface area contributed by atoms with Gasteiger partial charge in [-0.25, -0.2) is 9.78 Å². The molecular formula is C30H37Cl2N7O4. The number of hydrogen-bond donors (Lipinski definition) is 1. The van der Waals surface area contributed by atoms with Crippen molar-refractivity contribution in [3.63, 3.8) is 0 Å². The topological polar surface area (TPSA) is 103 Å². The van der Waals surface area contributed by atoms with Crippen LogP contribution < -0.4 is 24.6 Å². The Morgan fingerprint density at radius 3 is 2.35 bits per heavy atom. The average Bonchev–Trinajstić information content (AvgIpc) is 3.02. The van der Waals surface area contributed by atoms with E-state index in [1.165, 1.54) is 19.1 Å². The number of anilines is 3. The van der Waals surface area contributed by atoms with Crippen LogP contribution >= 0.6 is 23.2 Å². The van der Waals surface area contributed by atoms with Crippen molar-refractivity contribution in [3.8, 4) is 23.8 Å². The molecule has 4 heterocycles. The van der Waals surface area contributed by atoms with Crippen LogP contribution in [0, 0.1) is 18.3 Å². The highest BCUT2D eigenvalue weighted by atomic mass is 35.5. The third kappa shape index (κ3) is 6.56. The molecule has 0 spiro atoms. The molecule has 2 saturated heterocycles. The van der Waals surface area contributed by atoms with Crippen LogP contribution in [0.5, 0.6) is 11.5 Å². The number of amides is 3. The maximum absolute atomic E-state index is 14.3. The molecule has 3 aliphatic heterocycles. The van der Waals surface area contributed by atoms with Gasteiger partial charge in [-0.15, -0.1) is 6.42 Å². The van der Waals surface area contributed by atoms with Crippen molar-refractivity contribution in [3.05, 3.63) is 27.9 Å². The Morgan fingerprint density at radius 1 is 1.09 bits per heavy atom. The zero-order chi connectivity index (χ0) is 30.7. The maximum atomic E-state index is 14.3. The number of carbonyl (C=O) groups excluding carboxylic acids is 2. The molecule has 0 bridgehead atoms. The van der Waals surface area contributed by atoms with Gasteiger partial charge < -0.3 is 24.6 Å². The van der Waals surface area contributed by atoms with Gasteiger partial charge >= 0.3 is 6.03 Å². The van der Waals surface area contributed by atoms with Crippen LogP contribution in [0.15, 0.2) is 12.3 Å². The summed E-state index contributed by atoms with van der Waals surface area (Å²) >= 11 is 13.5. The monoisotopic (exact) mass is 629 g/mol. The molecule has 2 fully saturated rings. The van der Waals surface area contributed by atoms with Gasteiger partial charge in [-0.1, -0.05) is 23.2 Å². The van der Waals surface area contributed by atoms with E-state index in [9.17, 15) is 9.59 Å². The van der Waals surface area contributed by atoms with Gasteiger partial charge in [0.05, 0.1) is 26.5 Å². The van der Waals surface area contributed by atoms with Gasteiger partial charge in [-0.3, -0.25) is 14.6 Å². The predicted molar refractivity (Wildman–Crippen MR) is 167 cm³/mol. The number of benzene rings is 1. The van der Waals surface area contributed by atoms with Crippen LogP contribution in [0.2, 0.25) is 10.0 Å². The van der Waals surface area contributed by atoms with E-state index in [4.69, 9.17) is 44.1 Å². The molecule has 0 atom stereocenters. The number of nitrogens with one attached hydrogen (secondary N) is 1. The number of urea groups is 1. The summed E-state index contributed by atoms with van der Waals surface area (Å²) in [6.07, 6.45) is 11.4. The average molecular weight is 631 g/mol. The lowest BCUT2D eigenvalue weighted by atomic mass is 9.93. The van der Waals surface area contributed by atoms with E-state index < -0.39 is 0 Å². The fourth-order valence-electron chi connectivity index (χ4n) is 5.94. The fourth-order valence-corrected chi connectivity index (χ4v) is 6.64. The molecule has 0 radical (unpaired) electrons. The summed E-state index contributed by atoms with van der Waals surface area (Å²) < 4.78 is 10.9. The third-order valence-electron chi connectivity index (χ3n) is 8.55. The first-order valence-electron chi connectivity index (χ1n) is 14.5. The van der Waals surface area contributed by atoms with E-state index in [0.717, 1.165) is 50.8 Å². The minimum Gasteiger partial charge on any atom is -0.495 e. The number of aromatic nitrogens is 2. The molecule has 1 aromatic carbocycles. The van der Waals surface area contributed by atoms with E-state index >= 15 is 0 Å². The number of halogens is 2. The second-order valence-corrected chi connectivity index (χ2v) is 12.0. The molecule has 1 aromatic heterocycles. The van der Waals surface area contributed by atoms with E-state index in [2.05, 4.69) is 28.2 Å². The lowest BCUT2D eigenvalue weighted by molar-refractivity contribution is -0.126. The van der Waals surface area contributed by atoms with Crippen LogP contribution in [-0.2, 0) is 11.3 Å². The molecule has 1 N–H and O–H groups in total. The number of hydrogen-bond acceptors (Lipinski definition) is 8. The maximum Gasteiger partial charge on any atom is 0.330 e. The molecule has 5 rings (SSSR count). The molecule has 3 aliphatic rings. The first kappa shape index (κ1) is 31.0. The SMILES string of the molecule is C#CC(=O)N1CCC(CCN2C(=O)N(c3c(Cl)c(OC)cc(OC)c3Cl)Cc3cnc(NC4CCN(C)CC4)nc32)CC1. The third-order valence-corrected chi connectivity index (χ3v) is 9.28. The number of piperidine rings is 2. The van der Waals surface area contributed by atoms with Crippen LogP contribution in [-0.4, -0.2) is 91.7 Å². The van der Waals surface area contributed by atoms with Crippen LogP contribution in [0.25, 0.3) is 0 Å². The van der Waals surface area contributed by atoms with Crippen molar-refractivity contribution in [2.75, 3.05) is 69.1 Å². The number of fused-ring (bicyclic) bond motifs is 1. The lowest BCUT2D eigenvalue weighted by Gasteiger charge is -2.38. The molecule has 43 heavy (non-hydrogen) atoms. The molecule has 11 nitrogen and oxygen atoms in total. The summed E-state index contributed by atoms with van der Waals surface area (Å²) in [4.78, 5) is 42.9. The molecule has 13 heteroatoms. The smallest absolute Gasteiger partial charge is 0.330 e. The van der Waals surface area contributed by atoms with Gasteiger partial charge in [0.1, 0.15) is 27.4 Å². The van der Waals surface area contributed by atoms with Gasteiger partial charge in [0.15, 0.2) is 0 Å². The highest BCUT2D eigenvalue weighted by molar-refractivity contribution is 6.42. The zero-order valence-electron chi connectivity index (χ0n) is 24.7. The number of ether oxygens (including phenoxy) is 2. The summed E-state index contributed by atoms with van der Waals surface area (Å²) in [5.74, 6) is 3.98. The second kappa shape index (κ2) is 13.5. The first-order chi connectivity index (χ1) is 20.7. The minimum atomic E-state index is -0.310. The Labute approximate surface area is 262 Å². The molecule has 0 saturated carbocycles. The second-order valence-electron chi connectivity index (χ2n) is 11.2. The summed E-state index contributed by atoms with van der Waals surface area (Å²) in [5, 5.41) is 3.89. The van der Waals surface area contributed by atoms with Gasteiger partial charge in [-0.05, 0) is 64.1 Å². The zero-order valence-corrected chi connectivity index (χ0v) is 26.2. The van der Waals surface area contributed by atoms with Gasteiger partial charge in [0.2, 0.25) is 5.95 Å². The number of rotatable bonds is 8. The van der Waals surface area contributed by atoms with Crippen LogP contribution in [0.3, 0.4) is 0 Å². The van der Waals surface area contributed by atoms with E-state index in [-0.39, 0.29) is 34.6 Å². The van der Waals surface area contributed by atoms with Crippen molar-refractivity contribution < 1.29 is 19.1 Å². The van der Waals surface area contributed by atoms with E-state index in [0.29, 0.717) is 54.5 Å². The Kier molecular flexibility index (Phi) is 9.69. The summed E-state index contributed by atoms with van der Waals surface area (Å²) in [5.41, 5.74) is 1.06. The summed E-state index contributed by atoms with van der Waals surface area (Å²) in [7, 11) is 5.11. The fraction of sp³-hybridized carbons (Fsp3) is 0.533. The van der Waals surface area contributed by atoms with Crippen LogP contribution in [0.1, 0.15) is 37.7 Å². The molecule has 0 aliphatic carbocycles. The predicted octanol–water partition coefficient (Wildman–Crippen LogP) is 4.52. The summed E-state index contributed by atoms with van der Waals surface area (Å²) in [6, 6.07) is 1.54. The van der Waals surface area contributed by atoms with Crippen molar-refractivity contribution in [1.29, 1.82) is 0 Å². The highest BCUT2D eigenvalue weighted by Crippen LogP contribution is 2.48. The van der Waals surface area contributed by atoms with Crippen molar-refractivity contribution in [2.24, 2.45) is 5.92 Å². The number of carbonyl (C=O) groups is 2. The molecule has 230 valence electrons. The molecule has 2 aromatic rings. The van der Waals surface area contributed by atoms with Crippen molar-refractivity contribution >= 4 is 52.6 Å². The number of methoxy groups -OCH3 is 2. The minimum absolute atomic E-state index is 0.168. The van der Waals surface area contributed by atoms with E-state index in [1.54, 1.807) is 22.1 Å². The number of nitrogens with zero attached hydrogens (tertiary/aromatic N) is 6. The molecular weight excluding hydrogens is 593 g/mol. The Bertz CT molecular complexity index is 1370. The molecule has 0 unspecified atom stereocenters. The largest absolute Gasteiger partial charge is 0.495 e. The standard InChI is InChI=1S/C30H37Cl2N7O4/c1-5-24(40)37-13-6-19(7-14-37)8-15-38-28-20(17-33-29(35-28)34-21-9-11-36(2)12-10-21)18-39(30(38)41)27-25(31)22(42-3)16-23(43-4)26(27)32/h1,16-17,19,21H,6-15,18H2,2-4H3,(H,33,34,35). The lowest BCUT2D eigenvalue weighted by Crippen LogP contribution is -2.49. The quantitative estimate of drug-likeness (QED) is 0.425. The van der Waals surface area contributed by atoms with Crippen molar-refractivity contribution in [2.45, 2.75) is 44.7 Å². The number of likely N-dealkylation sites (tertiary alicyclic amines) is 2.